The molecule has 14 heavy (non-hydrogen) atoms. The second kappa shape index (κ2) is 5.16. The molecule has 1 heteroatoms. The predicted octanol–water partition coefficient (Wildman–Crippen LogP) is 4.02. The van der Waals surface area contributed by atoms with E-state index in [1.54, 1.807) is 0 Å². The van der Waals surface area contributed by atoms with Gasteiger partial charge in [0, 0.05) is 0 Å². The fraction of sp³-hybridized carbons (Fsp3) is 1.00. The highest BCUT2D eigenvalue weighted by atomic mass is 16.5. The second-order valence-electron chi connectivity index (χ2n) is 5.72. The zero-order chi connectivity index (χ0) is 10.6. The maximum atomic E-state index is 5.84. The summed E-state index contributed by atoms with van der Waals surface area (Å²) in [6, 6.07) is 0. The molecule has 0 bridgehead atoms. The summed E-state index contributed by atoms with van der Waals surface area (Å²) in [5.74, 6) is 1.83. The minimum absolute atomic E-state index is 0.0433. The molecule has 1 aliphatic carbocycles. The lowest BCUT2D eigenvalue weighted by molar-refractivity contribution is -0.0302. The summed E-state index contributed by atoms with van der Waals surface area (Å²) in [6.45, 7) is 9.72. The van der Waals surface area contributed by atoms with Crippen LogP contribution in [0.5, 0.6) is 0 Å². The first-order valence-corrected chi connectivity index (χ1v) is 6.15. The highest BCUT2D eigenvalue weighted by molar-refractivity contribution is 4.72. The third kappa shape index (κ3) is 4.45. The molecule has 1 fully saturated rings. The van der Waals surface area contributed by atoms with Crippen LogP contribution in [0, 0.1) is 11.8 Å². The molecule has 0 spiro atoms. The SMILES string of the molecule is CCC1CCC(COC(C)(C)C)CC1. The van der Waals surface area contributed by atoms with Crippen LogP contribution >= 0.6 is 0 Å². The molecular formula is C13H26O. The first-order valence-electron chi connectivity index (χ1n) is 6.15. The van der Waals surface area contributed by atoms with Gasteiger partial charge in [-0.15, -0.1) is 0 Å². The second-order valence-corrected chi connectivity index (χ2v) is 5.72. The predicted molar refractivity (Wildman–Crippen MR) is 61.4 cm³/mol. The van der Waals surface area contributed by atoms with Crippen molar-refractivity contribution in [2.75, 3.05) is 6.61 Å². The molecule has 0 amide bonds. The van der Waals surface area contributed by atoms with Gasteiger partial charge in [0.05, 0.1) is 12.2 Å². The van der Waals surface area contributed by atoms with Gasteiger partial charge in [-0.05, 0) is 45.4 Å². The molecule has 1 aliphatic rings. The van der Waals surface area contributed by atoms with E-state index in [2.05, 4.69) is 27.7 Å². The smallest absolute Gasteiger partial charge is 0.0598 e. The summed E-state index contributed by atoms with van der Waals surface area (Å²) in [6.07, 6.45) is 6.99. The van der Waals surface area contributed by atoms with Gasteiger partial charge in [-0.1, -0.05) is 26.2 Å². The van der Waals surface area contributed by atoms with Crippen LogP contribution in [-0.2, 0) is 4.74 Å². The van der Waals surface area contributed by atoms with Gasteiger partial charge in [-0.2, -0.15) is 0 Å². The largest absolute Gasteiger partial charge is 0.376 e. The Labute approximate surface area is 89.2 Å². The number of ether oxygens (including phenoxy) is 1. The van der Waals surface area contributed by atoms with Crippen LogP contribution in [-0.4, -0.2) is 12.2 Å². The van der Waals surface area contributed by atoms with Crippen molar-refractivity contribution in [3.63, 3.8) is 0 Å². The van der Waals surface area contributed by atoms with Gasteiger partial charge in [0.15, 0.2) is 0 Å². The summed E-state index contributed by atoms with van der Waals surface area (Å²) in [4.78, 5) is 0. The molecule has 0 heterocycles. The first kappa shape index (κ1) is 12.0. The molecule has 0 N–H and O–H groups in total. The molecular weight excluding hydrogens is 172 g/mol. The van der Waals surface area contributed by atoms with Crippen LogP contribution in [0.4, 0.5) is 0 Å². The molecule has 0 atom stereocenters. The Morgan fingerprint density at radius 3 is 1.93 bits per heavy atom. The topological polar surface area (TPSA) is 9.23 Å². The lowest BCUT2D eigenvalue weighted by Gasteiger charge is -2.30. The minimum atomic E-state index is 0.0433. The van der Waals surface area contributed by atoms with E-state index in [0.717, 1.165) is 18.4 Å². The highest BCUT2D eigenvalue weighted by Gasteiger charge is 2.21. The number of hydrogen-bond acceptors (Lipinski definition) is 1. The molecule has 0 aromatic carbocycles. The third-order valence-electron chi connectivity index (χ3n) is 3.30. The molecule has 0 unspecified atom stereocenters. The zero-order valence-electron chi connectivity index (χ0n) is 10.3. The monoisotopic (exact) mass is 198 g/mol. The lowest BCUT2D eigenvalue weighted by Crippen LogP contribution is -2.26. The molecule has 1 saturated carbocycles. The quantitative estimate of drug-likeness (QED) is 0.665. The average molecular weight is 198 g/mol. The van der Waals surface area contributed by atoms with E-state index in [1.165, 1.54) is 32.1 Å². The summed E-state index contributed by atoms with van der Waals surface area (Å²) in [5, 5.41) is 0. The van der Waals surface area contributed by atoms with Crippen molar-refractivity contribution in [2.24, 2.45) is 11.8 Å². The van der Waals surface area contributed by atoms with Gasteiger partial charge in [0.2, 0.25) is 0 Å². The van der Waals surface area contributed by atoms with Crippen molar-refractivity contribution < 1.29 is 4.74 Å². The molecule has 0 aromatic rings. The van der Waals surface area contributed by atoms with Crippen molar-refractivity contribution in [3.8, 4) is 0 Å². The Morgan fingerprint density at radius 2 is 1.50 bits per heavy atom. The Balaban J connectivity index is 2.16. The fourth-order valence-electron chi connectivity index (χ4n) is 2.17. The Bertz CT molecular complexity index is 149. The van der Waals surface area contributed by atoms with Crippen LogP contribution in [0.15, 0.2) is 0 Å². The van der Waals surface area contributed by atoms with Crippen molar-refractivity contribution in [1.29, 1.82) is 0 Å². The molecule has 0 saturated heterocycles. The summed E-state index contributed by atoms with van der Waals surface area (Å²) in [7, 11) is 0. The van der Waals surface area contributed by atoms with Crippen molar-refractivity contribution in [1.82, 2.24) is 0 Å². The van der Waals surface area contributed by atoms with E-state index in [0.29, 0.717) is 0 Å². The van der Waals surface area contributed by atoms with Gasteiger partial charge >= 0.3 is 0 Å². The van der Waals surface area contributed by atoms with Gasteiger partial charge in [0.25, 0.3) is 0 Å². The van der Waals surface area contributed by atoms with E-state index in [9.17, 15) is 0 Å². The van der Waals surface area contributed by atoms with E-state index < -0.39 is 0 Å². The Kier molecular flexibility index (Phi) is 4.43. The zero-order valence-corrected chi connectivity index (χ0v) is 10.3. The van der Waals surface area contributed by atoms with Crippen molar-refractivity contribution >= 4 is 0 Å². The molecule has 0 aromatic heterocycles. The average Bonchev–Trinajstić information content (AvgIpc) is 2.14. The van der Waals surface area contributed by atoms with E-state index in [-0.39, 0.29) is 5.60 Å². The van der Waals surface area contributed by atoms with Crippen LogP contribution in [0.1, 0.15) is 59.8 Å². The van der Waals surface area contributed by atoms with Gasteiger partial charge in [0.1, 0.15) is 0 Å². The van der Waals surface area contributed by atoms with Crippen molar-refractivity contribution in [3.05, 3.63) is 0 Å². The Morgan fingerprint density at radius 1 is 1.00 bits per heavy atom. The molecule has 0 radical (unpaired) electrons. The summed E-state index contributed by atoms with van der Waals surface area (Å²) < 4.78 is 5.84. The molecule has 1 nitrogen and oxygen atoms in total. The van der Waals surface area contributed by atoms with Gasteiger partial charge in [-0.3, -0.25) is 0 Å². The lowest BCUT2D eigenvalue weighted by atomic mass is 9.81. The standard InChI is InChI=1S/C13H26O/c1-5-11-6-8-12(9-7-11)10-14-13(2,3)4/h11-12H,5-10H2,1-4H3. The Hall–Kier alpha value is -0.0400. The van der Waals surface area contributed by atoms with E-state index in [1.807, 2.05) is 0 Å². The minimum Gasteiger partial charge on any atom is -0.376 e. The first-order chi connectivity index (χ1) is 6.51. The van der Waals surface area contributed by atoms with E-state index >= 15 is 0 Å². The molecule has 1 rings (SSSR count). The molecule has 0 aliphatic heterocycles. The van der Waals surface area contributed by atoms with Crippen molar-refractivity contribution in [2.45, 2.75) is 65.4 Å². The van der Waals surface area contributed by atoms with Crippen LogP contribution in [0.25, 0.3) is 0 Å². The third-order valence-corrected chi connectivity index (χ3v) is 3.30. The highest BCUT2D eigenvalue weighted by Crippen LogP contribution is 2.31. The summed E-state index contributed by atoms with van der Waals surface area (Å²) in [5.41, 5.74) is 0.0433. The maximum Gasteiger partial charge on any atom is 0.0598 e. The number of hydrogen-bond donors (Lipinski definition) is 0. The van der Waals surface area contributed by atoms with Crippen LogP contribution < -0.4 is 0 Å². The fourth-order valence-corrected chi connectivity index (χ4v) is 2.17. The maximum absolute atomic E-state index is 5.84. The van der Waals surface area contributed by atoms with Crippen LogP contribution in [0.2, 0.25) is 0 Å². The van der Waals surface area contributed by atoms with Crippen LogP contribution in [0.3, 0.4) is 0 Å². The summed E-state index contributed by atoms with van der Waals surface area (Å²) >= 11 is 0. The van der Waals surface area contributed by atoms with Gasteiger partial charge in [-0.25, -0.2) is 0 Å². The van der Waals surface area contributed by atoms with E-state index in [4.69, 9.17) is 4.74 Å². The number of rotatable bonds is 3. The normalized spacial score (nSPS) is 29.1. The molecule has 84 valence electrons. The van der Waals surface area contributed by atoms with Gasteiger partial charge < -0.3 is 4.74 Å².